The number of azo groups is 1. The van der Waals surface area contributed by atoms with Crippen molar-refractivity contribution in [3.05, 3.63) is 144 Å². The molecule has 1 fully saturated rings. The summed E-state index contributed by atoms with van der Waals surface area (Å²) in [5.74, 6) is -0.627. The van der Waals surface area contributed by atoms with Crippen LogP contribution in [0.25, 0.3) is 6.08 Å². The van der Waals surface area contributed by atoms with E-state index in [0.29, 0.717) is 45.4 Å². The van der Waals surface area contributed by atoms with Crippen LogP contribution in [0, 0.1) is 0 Å². The summed E-state index contributed by atoms with van der Waals surface area (Å²) in [6, 6.07) is 36.6. The Morgan fingerprint density at radius 3 is 2.10 bits per heavy atom. The standard InChI is InChI=1S/C40H33N5O6S/c1-50-32-20-13-27(35(24-32)51-2)23-34(42-38(47)26-9-5-3-6-10-26)39(48)41-28-16-21-33(22-17-28)52-36-25-37(46)45(40(36)49)31-18-14-30(15-19-31)44-43-29-11-7-4-8-12-29/h3-24,36H,25H2,1-2H3,(H,41,48)(H,42,47). The molecular weight excluding hydrogens is 679 g/mol. The minimum absolute atomic E-state index is 0.0155. The predicted octanol–water partition coefficient (Wildman–Crippen LogP) is 7.95. The van der Waals surface area contributed by atoms with Crippen molar-refractivity contribution in [3.8, 4) is 11.5 Å². The number of nitrogens with zero attached hydrogens (tertiary/aromatic N) is 3. The van der Waals surface area contributed by atoms with E-state index in [1.807, 2.05) is 30.3 Å². The predicted molar refractivity (Wildman–Crippen MR) is 200 cm³/mol. The van der Waals surface area contributed by atoms with Gasteiger partial charge in [0.05, 0.1) is 36.5 Å². The summed E-state index contributed by atoms with van der Waals surface area (Å²) >= 11 is 1.27. The van der Waals surface area contributed by atoms with Crippen molar-refractivity contribution in [2.45, 2.75) is 16.6 Å². The SMILES string of the molecule is COc1ccc(C=C(NC(=O)c2ccccc2)C(=O)Nc2ccc(SC3CC(=O)N(c4ccc(N=Nc5ccccc5)cc4)C3=O)cc2)c(OC)c1. The maximum absolute atomic E-state index is 13.6. The van der Waals surface area contributed by atoms with Crippen LogP contribution in [-0.2, 0) is 14.4 Å². The summed E-state index contributed by atoms with van der Waals surface area (Å²) in [5.41, 5.74) is 3.13. The lowest BCUT2D eigenvalue weighted by Crippen LogP contribution is -2.31. The molecule has 2 N–H and O–H groups in total. The third kappa shape index (κ3) is 8.60. The Balaban J connectivity index is 1.12. The van der Waals surface area contributed by atoms with Gasteiger partial charge in [0, 0.05) is 34.2 Å². The molecule has 6 rings (SSSR count). The van der Waals surface area contributed by atoms with E-state index >= 15 is 0 Å². The third-order valence-corrected chi connectivity index (χ3v) is 9.11. The molecule has 1 atom stereocenters. The molecule has 260 valence electrons. The number of amides is 4. The fraction of sp³-hybridized carbons (Fsp3) is 0.100. The van der Waals surface area contributed by atoms with Crippen molar-refractivity contribution in [1.82, 2.24) is 5.32 Å². The van der Waals surface area contributed by atoms with Crippen LogP contribution in [0.1, 0.15) is 22.3 Å². The normalized spacial score (nSPS) is 14.4. The lowest BCUT2D eigenvalue weighted by Gasteiger charge is -2.15. The van der Waals surface area contributed by atoms with Crippen molar-refractivity contribution >= 4 is 64.2 Å². The van der Waals surface area contributed by atoms with Crippen LogP contribution >= 0.6 is 11.8 Å². The van der Waals surface area contributed by atoms with E-state index in [4.69, 9.17) is 9.47 Å². The van der Waals surface area contributed by atoms with Crippen LogP contribution < -0.4 is 25.0 Å². The first kappa shape index (κ1) is 35.3. The number of thioether (sulfide) groups is 1. The second kappa shape index (κ2) is 16.5. The molecule has 5 aromatic rings. The Bertz CT molecular complexity index is 2140. The van der Waals surface area contributed by atoms with Gasteiger partial charge in [-0.1, -0.05) is 36.4 Å². The van der Waals surface area contributed by atoms with Gasteiger partial charge in [0.15, 0.2) is 0 Å². The third-order valence-electron chi connectivity index (χ3n) is 7.91. The van der Waals surface area contributed by atoms with Gasteiger partial charge in [-0.15, -0.1) is 11.8 Å². The Hall–Kier alpha value is -6.53. The molecule has 12 heteroatoms. The average Bonchev–Trinajstić information content (AvgIpc) is 3.46. The molecule has 1 heterocycles. The molecule has 5 aromatic carbocycles. The van der Waals surface area contributed by atoms with Crippen LogP contribution in [0.15, 0.2) is 148 Å². The molecule has 11 nitrogen and oxygen atoms in total. The first-order valence-corrected chi connectivity index (χ1v) is 17.0. The molecule has 0 aliphatic carbocycles. The van der Waals surface area contributed by atoms with Crippen molar-refractivity contribution < 1.29 is 28.7 Å². The Morgan fingerprint density at radius 2 is 1.44 bits per heavy atom. The lowest BCUT2D eigenvalue weighted by molar-refractivity contribution is -0.121. The molecule has 1 aliphatic rings. The van der Waals surface area contributed by atoms with Crippen molar-refractivity contribution in [2.24, 2.45) is 10.2 Å². The van der Waals surface area contributed by atoms with Gasteiger partial charge < -0.3 is 20.1 Å². The van der Waals surface area contributed by atoms with Crippen LogP contribution in [0.5, 0.6) is 11.5 Å². The van der Waals surface area contributed by atoms with Gasteiger partial charge >= 0.3 is 0 Å². The first-order chi connectivity index (χ1) is 25.3. The molecule has 0 radical (unpaired) electrons. The summed E-state index contributed by atoms with van der Waals surface area (Å²) in [4.78, 5) is 54.9. The summed E-state index contributed by atoms with van der Waals surface area (Å²) in [6.45, 7) is 0. The average molecular weight is 712 g/mol. The number of rotatable bonds is 12. The molecule has 1 saturated heterocycles. The van der Waals surface area contributed by atoms with Gasteiger partial charge in [-0.2, -0.15) is 10.2 Å². The van der Waals surface area contributed by atoms with Gasteiger partial charge in [-0.3, -0.25) is 19.2 Å². The lowest BCUT2D eigenvalue weighted by atomic mass is 10.1. The minimum atomic E-state index is -0.618. The number of hydrogen-bond donors (Lipinski definition) is 2. The second-order valence-electron chi connectivity index (χ2n) is 11.4. The Morgan fingerprint density at radius 1 is 0.788 bits per heavy atom. The largest absolute Gasteiger partial charge is 0.497 e. The smallest absolute Gasteiger partial charge is 0.272 e. The highest BCUT2D eigenvalue weighted by atomic mass is 32.2. The number of anilines is 2. The molecule has 4 amide bonds. The summed E-state index contributed by atoms with van der Waals surface area (Å²) in [5, 5.41) is 13.3. The zero-order chi connectivity index (χ0) is 36.5. The first-order valence-electron chi connectivity index (χ1n) is 16.1. The van der Waals surface area contributed by atoms with E-state index in [2.05, 4.69) is 20.9 Å². The van der Waals surface area contributed by atoms with Crippen molar-refractivity contribution in [2.75, 3.05) is 24.4 Å². The summed E-state index contributed by atoms with van der Waals surface area (Å²) in [6.07, 6.45) is 1.57. The molecule has 1 aliphatic heterocycles. The van der Waals surface area contributed by atoms with Crippen LogP contribution in [0.3, 0.4) is 0 Å². The maximum Gasteiger partial charge on any atom is 0.272 e. The molecular formula is C40H33N5O6S. The number of carbonyl (C=O) groups excluding carboxylic acids is 4. The number of ether oxygens (including phenoxy) is 2. The monoisotopic (exact) mass is 711 g/mol. The zero-order valence-corrected chi connectivity index (χ0v) is 29.0. The quantitative estimate of drug-likeness (QED) is 0.0761. The molecule has 0 bridgehead atoms. The molecule has 1 unspecified atom stereocenters. The fourth-order valence-corrected chi connectivity index (χ4v) is 6.31. The van der Waals surface area contributed by atoms with Gasteiger partial charge in [-0.05, 0) is 91.0 Å². The number of hydrogen-bond acceptors (Lipinski definition) is 9. The highest BCUT2D eigenvalue weighted by Crippen LogP contribution is 2.35. The van der Waals surface area contributed by atoms with Crippen LogP contribution in [0.2, 0.25) is 0 Å². The minimum Gasteiger partial charge on any atom is -0.497 e. The highest BCUT2D eigenvalue weighted by molar-refractivity contribution is 8.00. The van der Waals surface area contributed by atoms with Gasteiger partial charge in [0.25, 0.3) is 11.8 Å². The molecule has 0 aromatic heterocycles. The number of carbonyl (C=O) groups is 4. The molecule has 0 saturated carbocycles. The van der Waals surface area contributed by atoms with Crippen LogP contribution in [-0.4, -0.2) is 43.1 Å². The topological polar surface area (TPSA) is 139 Å². The van der Waals surface area contributed by atoms with Crippen molar-refractivity contribution in [3.63, 3.8) is 0 Å². The Labute approximate surface area is 304 Å². The maximum atomic E-state index is 13.6. The van der Waals surface area contributed by atoms with Crippen molar-refractivity contribution in [1.29, 1.82) is 0 Å². The van der Waals surface area contributed by atoms with E-state index < -0.39 is 17.1 Å². The van der Waals surface area contributed by atoms with E-state index in [-0.39, 0.29) is 23.9 Å². The number of nitrogens with one attached hydrogen (secondary N) is 2. The number of benzene rings is 5. The number of imide groups is 1. The molecule has 52 heavy (non-hydrogen) atoms. The molecule has 0 spiro atoms. The van der Waals surface area contributed by atoms with Crippen LogP contribution in [0.4, 0.5) is 22.7 Å². The highest BCUT2D eigenvalue weighted by Gasteiger charge is 2.40. The fourth-order valence-electron chi connectivity index (χ4n) is 5.26. The number of methoxy groups -OCH3 is 2. The van der Waals surface area contributed by atoms with E-state index in [9.17, 15) is 19.2 Å². The second-order valence-corrected chi connectivity index (χ2v) is 12.7. The van der Waals surface area contributed by atoms with E-state index in [0.717, 1.165) is 4.90 Å². The Kier molecular flexibility index (Phi) is 11.2. The van der Waals surface area contributed by atoms with E-state index in [1.54, 1.807) is 97.1 Å². The zero-order valence-electron chi connectivity index (χ0n) is 28.2. The van der Waals surface area contributed by atoms with Gasteiger partial charge in [0.1, 0.15) is 17.2 Å². The van der Waals surface area contributed by atoms with Gasteiger partial charge in [-0.25, -0.2) is 4.90 Å². The summed E-state index contributed by atoms with van der Waals surface area (Å²) in [7, 11) is 3.04. The van der Waals surface area contributed by atoms with Gasteiger partial charge in [0.2, 0.25) is 11.8 Å². The summed E-state index contributed by atoms with van der Waals surface area (Å²) < 4.78 is 10.8. The van der Waals surface area contributed by atoms with E-state index in [1.165, 1.54) is 37.0 Å².